The average Bonchev–Trinajstić information content (AvgIpc) is 3.19. The van der Waals surface area contributed by atoms with Gasteiger partial charge in [0.1, 0.15) is 17.1 Å². The number of benzene rings is 1. The predicted molar refractivity (Wildman–Crippen MR) is 123 cm³/mol. The molecular formula is C24H28N4O3. The molecule has 1 aliphatic heterocycles. The molecule has 0 aliphatic carbocycles. The summed E-state index contributed by atoms with van der Waals surface area (Å²) in [4.78, 5) is 19.2. The molecule has 3 heterocycles. The van der Waals surface area contributed by atoms with Crippen LogP contribution in [0.4, 0.5) is 10.5 Å². The topological polar surface area (TPSA) is 68.6 Å². The molecule has 0 radical (unpaired) electrons. The zero-order chi connectivity index (χ0) is 22.0. The fourth-order valence-corrected chi connectivity index (χ4v) is 3.91. The number of methoxy groups -OCH3 is 2. The van der Waals surface area contributed by atoms with Crippen molar-refractivity contribution in [3.8, 4) is 11.5 Å². The van der Waals surface area contributed by atoms with Gasteiger partial charge in [-0.2, -0.15) is 0 Å². The second-order valence-electron chi connectivity index (χ2n) is 7.88. The molecule has 1 aliphatic rings. The van der Waals surface area contributed by atoms with E-state index < -0.39 is 0 Å². The van der Waals surface area contributed by atoms with E-state index in [0.717, 1.165) is 17.5 Å². The molecule has 2 aromatic heterocycles. The first-order chi connectivity index (χ1) is 15.0. The molecule has 7 nitrogen and oxygen atoms in total. The number of nitrogens with zero attached hydrogens (tertiary/aromatic N) is 3. The van der Waals surface area contributed by atoms with Gasteiger partial charge in [0.05, 0.1) is 14.2 Å². The van der Waals surface area contributed by atoms with Gasteiger partial charge in [-0.1, -0.05) is 6.08 Å². The highest BCUT2D eigenvalue weighted by atomic mass is 16.5. The maximum Gasteiger partial charge on any atom is 0.322 e. The molecule has 0 saturated carbocycles. The van der Waals surface area contributed by atoms with E-state index in [4.69, 9.17) is 9.47 Å². The second-order valence-corrected chi connectivity index (χ2v) is 7.88. The number of anilines is 1. The van der Waals surface area contributed by atoms with Crippen LogP contribution >= 0.6 is 0 Å². The molecule has 1 aromatic carbocycles. The van der Waals surface area contributed by atoms with E-state index in [-0.39, 0.29) is 6.03 Å². The van der Waals surface area contributed by atoms with Crippen molar-refractivity contribution in [1.29, 1.82) is 0 Å². The minimum absolute atomic E-state index is 0.142. The van der Waals surface area contributed by atoms with Gasteiger partial charge in [-0.3, -0.25) is 0 Å². The Kier molecular flexibility index (Phi) is 5.84. The lowest BCUT2D eigenvalue weighted by Crippen LogP contribution is -2.37. The van der Waals surface area contributed by atoms with Crippen molar-refractivity contribution >= 4 is 28.3 Å². The molecule has 31 heavy (non-hydrogen) atoms. The normalized spacial score (nSPS) is 14.0. The molecule has 2 amide bonds. The first kappa shape index (κ1) is 20.8. The summed E-state index contributed by atoms with van der Waals surface area (Å²) in [5.74, 6) is 1.26. The van der Waals surface area contributed by atoms with Crippen LogP contribution in [-0.4, -0.2) is 47.8 Å². The molecule has 3 aromatic rings. The molecule has 0 unspecified atom stereocenters. The number of carbonyl (C=O) groups is 1. The van der Waals surface area contributed by atoms with Crippen molar-refractivity contribution in [3.63, 3.8) is 0 Å². The van der Waals surface area contributed by atoms with Crippen molar-refractivity contribution in [2.75, 3.05) is 32.6 Å². The van der Waals surface area contributed by atoms with Crippen LogP contribution < -0.4 is 14.8 Å². The second kappa shape index (κ2) is 8.71. The molecule has 0 saturated heterocycles. The fourth-order valence-electron chi connectivity index (χ4n) is 3.91. The van der Waals surface area contributed by atoms with Gasteiger partial charge in [-0.25, -0.2) is 9.78 Å². The standard InChI is InChI=1S/C24H28N4O3/c1-16(2)28-15-22(21-6-5-9-25-23(21)28)17-7-10-27(11-8-17)24(29)26-18-12-19(30-3)14-20(13-18)31-4/h5-7,9,12-16H,8,10-11H2,1-4H3,(H,26,29). The Bertz CT molecular complexity index is 1110. The van der Waals surface area contributed by atoms with E-state index >= 15 is 0 Å². The number of hydrogen-bond donors (Lipinski definition) is 1. The molecule has 0 atom stereocenters. The predicted octanol–water partition coefficient (Wildman–Crippen LogP) is 4.96. The molecule has 4 rings (SSSR count). The van der Waals surface area contributed by atoms with Gasteiger partial charge in [-0.05, 0) is 38.0 Å². The molecule has 162 valence electrons. The van der Waals surface area contributed by atoms with Gasteiger partial charge >= 0.3 is 6.03 Å². The number of fused-ring (bicyclic) bond motifs is 1. The number of pyridine rings is 1. The summed E-state index contributed by atoms with van der Waals surface area (Å²) in [6, 6.07) is 9.61. The number of rotatable bonds is 5. The molecule has 0 spiro atoms. The average molecular weight is 421 g/mol. The Morgan fingerprint density at radius 1 is 1.16 bits per heavy atom. The minimum atomic E-state index is -0.142. The van der Waals surface area contributed by atoms with E-state index in [1.165, 1.54) is 11.1 Å². The van der Waals surface area contributed by atoms with Crippen molar-refractivity contribution in [2.45, 2.75) is 26.3 Å². The number of hydrogen-bond acceptors (Lipinski definition) is 4. The zero-order valence-corrected chi connectivity index (χ0v) is 18.4. The van der Waals surface area contributed by atoms with Crippen LogP contribution in [0.3, 0.4) is 0 Å². The third kappa shape index (κ3) is 4.21. The number of aromatic nitrogens is 2. The highest BCUT2D eigenvalue weighted by Crippen LogP contribution is 2.32. The molecule has 0 bridgehead atoms. The van der Waals surface area contributed by atoms with Crippen LogP contribution in [0.1, 0.15) is 31.9 Å². The van der Waals surface area contributed by atoms with E-state index in [1.807, 2.05) is 12.3 Å². The third-order valence-corrected chi connectivity index (χ3v) is 5.59. The fraction of sp³-hybridized carbons (Fsp3) is 0.333. The smallest absolute Gasteiger partial charge is 0.322 e. The van der Waals surface area contributed by atoms with Crippen LogP contribution in [0.5, 0.6) is 11.5 Å². The lowest BCUT2D eigenvalue weighted by Gasteiger charge is -2.27. The Morgan fingerprint density at radius 2 is 1.90 bits per heavy atom. The summed E-state index contributed by atoms with van der Waals surface area (Å²) in [6.07, 6.45) is 6.95. The van der Waals surface area contributed by atoms with Gasteiger partial charge in [0.15, 0.2) is 0 Å². The SMILES string of the molecule is COc1cc(NC(=O)N2CC=C(c3cn(C(C)C)c4ncccc34)CC2)cc(OC)c1. The lowest BCUT2D eigenvalue weighted by molar-refractivity contribution is 0.217. The first-order valence-corrected chi connectivity index (χ1v) is 10.4. The maximum atomic E-state index is 12.8. The quantitative estimate of drug-likeness (QED) is 0.634. The lowest BCUT2D eigenvalue weighted by atomic mass is 10.00. The number of carbonyl (C=O) groups excluding carboxylic acids is 1. The van der Waals surface area contributed by atoms with Gasteiger partial charge < -0.3 is 24.3 Å². The molecule has 1 N–H and O–H groups in total. The largest absolute Gasteiger partial charge is 0.497 e. The summed E-state index contributed by atoms with van der Waals surface area (Å²) in [6.45, 7) is 5.52. The third-order valence-electron chi connectivity index (χ3n) is 5.59. The van der Waals surface area contributed by atoms with E-state index in [9.17, 15) is 4.79 Å². The van der Waals surface area contributed by atoms with Gasteiger partial charge in [0.2, 0.25) is 0 Å². The van der Waals surface area contributed by atoms with Crippen LogP contribution in [0.25, 0.3) is 16.6 Å². The number of urea groups is 1. The van der Waals surface area contributed by atoms with Crippen LogP contribution in [0, 0.1) is 0 Å². The van der Waals surface area contributed by atoms with Crippen LogP contribution in [-0.2, 0) is 0 Å². The monoisotopic (exact) mass is 420 g/mol. The van der Waals surface area contributed by atoms with E-state index in [1.54, 1.807) is 37.3 Å². The van der Waals surface area contributed by atoms with E-state index in [2.05, 4.69) is 47.1 Å². The van der Waals surface area contributed by atoms with E-state index in [0.29, 0.717) is 36.3 Å². The molecule has 7 heteroatoms. The van der Waals surface area contributed by atoms with Gasteiger partial charge in [0, 0.05) is 66.4 Å². The Hall–Kier alpha value is -3.48. The summed E-state index contributed by atoms with van der Waals surface area (Å²) in [5.41, 5.74) is 4.10. The Labute approximate surface area is 182 Å². The summed E-state index contributed by atoms with van der Waals surface area (Å²) >= 11 is 0. The minimum Gasteiger partial charge on any atom is -0.497 e. The highest BCUT2D eigenvalue weighted by Gasteiger charge is 2.21. The summed E-state index contributed by atoms with van der Waals surface area (Å²) < 4.78 is 12.8. The number of ether oxygens (including phenoxy) is 2. The Balaban J connectivity index is 1.51. The number of amides is 2. The van der Waals surface area contributed by atoms with Gasteiger partial charge in [-0.15, -0.1) is 0 Å². The van der Waals surface area contributed by atoms with Crippen molar-refractivity contribution in [3.05, 3.63) is 54.4 Å². The van der Waals surface area contributed by atoms with Gasteiger partial charge in [0.25, 0.3) is 0 Å². The first-order valence-electron chi connectivity index (χ1n) is 10.4. The Morgan fingerprint density at radius 3 is 2.52 bits per heavy atom. The van der Waals surface area contributed by atoms with Crippen molar-refractivity contribution < 1.29 is 14.3 Å². The summed E-state index contributed by atoms with van der Waals surface area (Å²) in [7, 11) is 3.17. The summed E-state index contributed by atoms with van der Waals surface area (Å²) in [5, 5.41) is 4.10. The maximum absolute atomic E-state index is 12.8. The number of nitrogens with one attached hydrogen (secondary N) is 1. The van der Waals surface area contributed by atoms with Crippen LogP contribution in [0.15, 0.2) is 48.8 Å². The highest BCUT2D eigenvalue weighted by molar-refractivity contribution is 5.93. The zero-order valence-electron chi connectivity index (χ0n) is 18.4. The van der Waals surface area contributed by atoms with Crippen molar-refractivity contribution in [1.82, 2.24) is 14.5 Å². The van der Waals surface area contributed by atoms with Crippen LogP contribution in [0.2, 0.25) is 0 Å². The molecular weight excluding hydrogens is 392 g/mol. The van der Waals surface area contributed by atoms with Crippen molar-refractivity contribution in [2.24, 2.45) is 0 Å². The molecule has 0 fully saturated rings.